The van der Waals surface area contributed by atoms with Gasteiger partial charge in [0.25, 0.3) is 0 Å². The van der Waals surface area contributed by atoms with Gasteiger partial charge in [-0.05, 0) is 129 Å². The molecule has 5 nitrogen and oxygen atoms in total. The Morgan fingerprint density at radius 2 is 1.21 bits per heavy atom. The summed E-state index contributed by atoms with van der Waals surface area (Å²) in [5.74, 6) is 1.99. The van der Waals surface area contributed by atoms with Crippen molar-refractivity contribution in [2.24, 2.45) is 0 Å². The lowest BCUT2D eigenvalue weighted by Crippen LogP contribution is -2.25. The van der Waals surface area contributed by atoms with Crippen molar-refractivity contribution >= 4 is 44.6 Å². The molecule has 0 fully saturated rings. The fraction of sp³-hybridized carbons (Fsp3) is 0.230. The van der Waals surface area contributed by atoms with Gasteiger partial charge in [-0.2, -0.15) is 0 Å². The summed E-state index contributed by atoms with van der Waals surface area (Å²) >= 11 is 0. The normalized spacial score (nSPS) is 14.2. The second-order valence-corrected chi connectivity index (χ2v) is 20.8. The Morgan fingerprint density at radius 1 is 0.515 bits per heavy atom. The van der Waals surface area contributed by atoms with Gasteiger partial charge in [0.05, 0.1) is 29.3 Å². The van der Waals surface area contributed by atoms with Gasteiger partial charge in [-0.25, -0.2) is 4.98 Å². The Hall–Kier alpha value is -7.11. The van der Waals surface area contributed by atoms with Crippen molar-refractivity contribution in [3.05, 3.63) is 192 Å². The van der Waals surface area contributed by atoms with Crippen LogP contribution in [0.1, 0.15) is 91.4 Å². The average molecular weight is 870 g/mol. The van der Waals surface area contributed by atoms with Crippen LogP contribution in [0.3, 0.4) is 0 Å². The van der Waals surface area contributed by atoms with E-state index in [1.54, 1.807) is 6.20 Å². The van der Waals surface area contributed by atoms with Crippen molar-refractivity contribution in [1.29, 1.82) is 0 Å². The molecule has 0 aliphatic carbocycles. The maximum absolute atomic E-state index is 8.67. The third kappa shape index (κ3) is 8.02. The standard InChI is InChI=1S/C61H60N4O/c1-40-30-58(62-38-53(40)42-20-15-12-16-21-42)65-54-29-25-44(59(2,3)4)35-52(54)51-27-26-50(37-56(51)65)66-49-23-17-22-47(36-49)63-39-64(48-33-45(60(5,6)7)32-46(34-48)61(8,9)10)57-31-43(24-28-55(57)63)41-18-13-11-14-19-41/h11-38H,39H2,1-10H3/i12D,15D,16D,20D,21D. The molecule has 1 aliphatic heterocycles. The van der Waals surface area contributed by atoms with Gasteiger partial charge in [-0.15, -0.1) is 0 Å². The van der Waals surface area contributed by atoms with Crippen LogP contribution in [0.2, 0.25) is 0 Å². The van der Waals surface area contributed by atoms with Crippen LogP contribution in [0.5, 0.6) is 11.5 Å². The van der Waals surface area contributed by atoms with Crippen LogP contribution in [-0.2, 0) is 16.2 Å². The summed E-state index contributed by atoms with van der Waals surface area (Å²) in [7, 11) is 0. The molecule has 0 saturated carbocycles. The van der Waals surface area contributed by atoms with Gasteiger partial charge in [-0.1, -0.05) is 147 Å². The van der Waals surface area contributed by atoms with Gasteiger partial charge in [0, 0.05) is 46.0 Å². The Morgan fingerprint density at radius 3 is 1.91 bits per heavy atom. The predicted octanol–water partition coefficient (Wildman–Crippen LogP) is 16.8. The van der Waals surface area contributed by atoms with E-state index < -0.39 is 6.04 Å². The maximum Gasteiger partial charge on any atom is 0.137 e. The van der Waals surface area contributed by atoms with E-state index in [2.05, 4.69) is 192 Å². The molecule has 330 valence electrons. The largest absolute Gasteiger partial charge is 0.457 e. The average Bonchev–Trinajstić information content (AvgIpc) is 3.88. The summed E-state index contributed by atoms with van der Waals surface area (Å²) in [4.78, 5) is 9.76. The number of aromatic nitrogens is 2. The Balaban J connectivity index is 1.05. The first-order chi connectivity index (χ1) is 33.6. The quantitative estimate of drug-likeness (QED) is 0.160. The summed E-state index contributed by atoms with van der Waals surface area (Å²) in [5.41, 5.74) is 13.6. The minimum absolute atomic E-state index is 0.0416. The van der Waals surface area contributed by atoms with Crippen molar-refractivity contribution in [2.75, 3.05) is 16.5 Å². The summed E-state index contributed by atoms with van der Waals surface area (Å²) in [5, 5.41) is 2.11. The maximum atomic E-state index is 8.67. The van der Waals surface area contributed by atoms with Crippen LogP contribution in [-0.4, -0.2) is 16.2 Å². The molecular weight excluding hydrogens is 805 g/mol. The lowest BCUT2D eigenvalue weighted by molar-refractivity contribution is 0.483. The molecule has 2 aromatic heterocycles. The second-order valence-electron chi connectivity index (χ2n) is 20.8. The number of pyridine rings is 1. The van der Waals surface area contributed by atoms with Gasteiger partial charge in [0.2, 0.25) is 0 Å². The first kappa shape index (κ1) is 37.1. The van der Waals surface area contributed by atoms with E-state index in [1.807, 2.05) is 25.1 Å². The van der Waals surface area contributed by atoms with E-state index in [0.717, 1.165) is 55.7 Å². The summed E-state index contributed by atoms with van der Waals surface area (Å²) in [6.07, 6.45) is 1.62. The molecule has 9 aromatic rings. The molecule has 3 heterocycles. The molecular formula is C61H60N4O. The number of nitrogens with zero attached hydrogens (tertiary/aromatic N) is 4. The van der Waals surface area contributed by atoms with Crippen molar-refractivity contribution in [3.8, 4) is 39.6 Å². The highest BCUT2D eigenvalue weighted by atomic mass is 16.5. The third-order valence-corrected chi connectivity index (χ3v) is 13.0. The molecule has 10 rings (SSSR count). The van der Waals surface area contributed by atoms with Crippen LogP contribution in [0.15, 0.2) is 170 Å². The third-order valence-electron chi connectivity index (χ3n) is 13.0. The fourth-order valence-corrected chi connectivity index (χ4v) is 9.08. The Labute approximate surface area is 398 Å². The van der Waals surface area contributed by atoms with Gasteiger partial charge in [0.1, 0.15) is 24.0 Å². The zero-order chi connectivity index (χ0) is 50.5. The van der Waals surface area contributed by atoms with E-state index in [1.165, 1.54) is 22.3 Å². The number of anilines is 4. The molecule has 66 heavy (non-hydrogen) atoms. The highest BCUT2D eigenvalue weighted by Gasteiger charge is 2.31. The number of hydrogen-bond acceptors (Lipinski definition) is 4. The first-order valence-electron chi connectivity index (χ1n) is 25.4. The SMILES string of the molecule is [2H]c1c([2H])c([2H])c(-c2cnc(-n3c4ccc(C(C)(C)C)cc4c4ccc(Oc5cccc(N6CN(c7cc(C(C)(C)C)cc(C(C)(C)C)c7)c7cc(-c8ccccc8)ccc76)c5)cc43)cc2C)c([2H])c1[2H]. The highest BCUT2D eigenvalue weighted by Crippen LogP contribution is 2.48. The van der Waals surface area contributed by atoms with Crippen LogP contribution < -0.4 is 14.5 Å². The van der Waals surface area contributed by atoms with Gasteiger partial charge < -0.3 is 14.5 Å². The zero-order valence-electron chi connectivity index (χ0n) is 44.7. The predicted molar refractivity (Wildman–Crippen MR) is 279 cm³/mol. The van der Waals surface area contributed by atoms with Crippen LogP contribution >= 0.6 is 0 Å². The molecule has 0 bridgehead atoms. The molecule has 0 unspecified atom stereocenters. The lowest BCUT2D eigenvalue weighted by atomic mass is 9.80. The lowest BCUT2D eigenvalue weighted by Gasteiger charge is -2.29. The monoisotopic (exact) mass is 870 g/mol. The molecule has 0 saturated heterocycles. The zero-order valence-corrected chi connectivity index (χ0v) is 39.7. The van der Waals surface area contributed by atoms with Crippen molar-refractivity contribution < 1.29 is 11.6 Å². The van der Waals surface area contributed by atoms with Crippen molar-refractivity contribution in [3.63, 3.8) is 0 Å². The summed E-state index contributed by atoms with van der Waals surface area (Å²) in [6, 6.07) is 45.8. The molecule has 5 heteroatoms. The fourth-order valence-electron chi connectivity index (χ4n) is 9.08. The number of aryl methyl sites for hydroxylation is 1. The number of rotatable bonds is 7. The number of ether oxygens (including phenoxy) is 1. The van der Waals surface area contributed by atoms with E-state index in [4.69, 9.17) is 16.6 Å². The van der Waals surface area contributed by atoms with Crippen molar-refractivity contribution in [2.45, 2.75) is 85.5 Å². The molecule has 0 atom stereocenters. The van der Waals surface area contributed by atoms with Crippen LogP contribution in [0.25, 0.3) is 49.9 Å². The first-order valence-corrected chi connectivity index (χ1v) is 22.9. The topological polar surface area (TPSA) is 33.5 Å². The van der Waals surface area contributed by atoms with Gasteiger partial charge in [0.15, 0.2) is 0 Å². The Bertz CT molecular complexity index is 3520. The number of benzene rings is 7. The molecule has 0 radical (unpaired) electrons. The summed E-state index contributed by atoms with van der Waals surface area (Å²) < 4.78 is 51.0. The van der Waals surface area contributed by atoms with Crippen LogP contribution in [0, 0.1) is 6.92 Å². The van der Waals surface area contributed by atoms with E-state index >= 15 is 0 Å². The van der Waals surface area contributed by atoms with E-state index in [0.29, 0.717) is 29.5 Å². The molecule has 7 aromatic carbocycles. The smallest absolute Gasteiger partial charge is 0.137 e. The Kier molecular flexibility index (Phi) is 9.06. The second kappa shape index (κ2) is 16.1. The minimum atomic E-state index is -0.422. The molecule has 0 spiro atoms. The summed E-state index contributed by atoms with van der Waals surface area (Å²) in [6.45, 7) is 22.8. The van der Waals surface area contributed by atoms with Crippen molar-refractivity contribution in [1.82, 2.24) is 9.55 Å². The molecule has 0 N–H and O–H groups in total. The van der Waals surface area contributed by atoms with E-state index in [9.17, 15) is 0 Å². The van der Waals surface area contributed by atoms with Gasteiger partial charge in [-0.3, -0.25) is 4.57 Å². The van der Waals surface area contributed by atoms with Crippen LogP contribution in [0.4, 0.5) is 22.7 Å². The number of fused-ring (bicyclic) bond motifs is 4. The molecule has 0 amide bonds. The minimum Gasteiger partial charge on any atom is -0.457 e. The number of hydrogen-bond donors (Lipinski definition) is 0. The van der Waals surface area contributed by atoms with E-state index in [-0.39, 0.29) is 46.0 Å². The van der Waals surface area contributed by atoms with Gasteiger partial charge >= 0.3 is 0 Å². The highest BCUT2D eigenvalue weighted by molar-refractivity contribution is 6.10. The molecule has 1 aliphatic rings.